The lowest BCUT2D eigenvalue weighted by Gasteiger charge is -2.45. The molecule has 2 N–H and O–H groups in total. The highest BCUT2D eigenvalue weighted by Gasteiger charge is 2.45. The topological polar surface area (TPSA) is 76.4 Å². The molecule has 148 valence electrons. The second kappa shape index (κ2) is 6.74. The van der Waals surface area contributed by atoms with E-state index in [2.05, 4.69) is 53.6 Å². The largest absolute Gasteiger partial charge is 0.507 e. The Kier molecular flexibility index (Phi) is 4.17. The Labute approximate surface area is 169 Å². The number of aliphatic hydroxyl groups is 2. The highest BCUT2D eigenvalue weighted by molar-refractivity contribution is 5.96. The molecule has 5 rings (SSSR count). The van der Waals surface area contributed by atoms with Crippen LogP contribution in [0.5, 0.6) is 0 Å². The minimum Gasteiger partial charge on any atom is -0.507 e. The first-order chi connectivity index (χ1) is 14.1. The van der Waals surface area contributed by atoms with Crippen LogP contribution in [0.25, 0.3) is 0 Å². The number of hydrogen-bond acceptors (Lipinski definition) is 5. The van der Waals surface area contributed by atoms with Gasteiger partial charge in [-0.1, -0.05) is 48.5 Å². The maximum Gasteiger partial charge on any atom is 0.275 e. The Balaban J connectivity index is 1.71. The number of aliphatic hydroxyl groups excluding tert-OH is 2. The zero-order valence-electron chi connectivity index (χ0n) is 16.2. The van der Waals surface area contributed by atoms with Gasteiger partial charge in [0.05, 0.1) is 12.3 Å². The fourth-order valence-corrected chi connectivity index (χ4v) is 4.83. The molecule has 2 atom stereocenters. The fraction of sp³-hybridized carbons (Fsp3) is 0.304. The monoisotopic (exact) mass is 389 g/mol. The molecule has 2 aromatic rings. The Bertz CT molecular complexity index is 998. The third-order valence-electron chi connectivity index (χ3n) is 6.24. The van der Waals surface area contributed by atoms with E-state index in [1.807, 2.05) is 0 Å². The molecular formula is C23H23N3O3. The van der Waals surface area contributed by atoms with E-state index in [-0.39, 0.29) is 29.3 Å². The predicted molar refractivity (Wildman–Crippen MR) is 110 cm³/mol. The quantitative estimate of drug-likeness (QED) is 0.784. The second-order valence-corrected chi connectivity index (χ2v) is 7.92. The normalized spacial score (nSPS) is 24.1. The first-order valence-electron chi connectivity index (χ1n) is 9.92. The van der Waals surface area contributed by atoms with Crippen molar-refractivity contribution in [2.75, 3.05) is 13.6 Å². The Morgan fingerprint density at radius 2 is 1.59 bits per heavy atom. The number of carbonyl (C=O) groups is 1. The summed E-state index contributed by atoms with van der Waals surface area (Å²) in [7, 11) is 1.73. The third-order valence-corrected chi connectivity index (χ3v) is 6.24. The first-order valence-corrected chi connectivity index (χ1v) is 9.92. The molecule has 0 saturated carbocycles. The van der Waals surface area contributed by atoms with Crippen LogP contribution < -0.4 is 0 Å². The molecule has 6 nitrogen and oxygen atoms in total. The molecule has 1 saturated heterocycles. The van der Waals surface area contributed by atoms with Gasteiger partial charge in [0, 0.05) is 19.5 Å². The van der Waals surface area contributed by atoms with Gasteiger partial charge in [-0.25, -0.2) is 0 Å². The van der Waals surface area contributed by atoms with Crippen LogP contribution in [-0.2, 0) is 17.6 Å². The number of rotatable bonds is 1. The molecule has 29 heavy (non-hydrogen) atoms. The van der Waals surface area contributed by atoms with Gasteiger partial charge in [0.1, 0.15) is 6.10 Å². The average molecular weight is 389 g/mol. The van der Waals surface area contributed by atoms with Crippen LogP contribution >= 0.6 is 0 Å². The van der Waals surface area contributed by atoms with Crippen molar-refractivity contribution < 1.29 is 15.0 Å². The number of carbonyl (C=O) groups excluding carboxylic acids is 1. The van der Waals surface area contributed by atoms with Crippen LogP contribution in [0.3, 0.4) is 0 Å². The van der Waals surface area contributed by atoms with Crippen LogP contribution in [0.15, 0.2) is 65.1 Å². The lowest BCUT2D eigenvalue weighted by molar-refractivity contribution is -0.132. The molecule has 0 radical (unpaired) electrons. The van der Waals surface area contributed by atoms with E-state index in [1.54, 1.807) is 17.0 Å². The minimum atomic E-state index is -1.26. The summed E-state index contributed by atoms with van der Waals surface area (Å²) in [6.07, 6.45) is 1.95. The summed E-state index contributed by atoms with van der Waals surface area (Å²) < 4.78 is 0. The van der Waals surface area contributed by atoms with Crippen molar-refractivity contribution in [2.24, 2.45) is 5.10 Å². The molecular weight excluding hydrogens is 366 g/mol. The molecule has 1 amide bonds. The van der Waals surface area contributed by atoms with E-state index in [0.29, 0.717) is 6.54 Å². The van der Waals surface area contributed by atoms with Gasteiger partial charge in [-0.2, -0.15) is 5.10 Å². The average Bonchev–Trinajstić information content (AvgIpc) is 2.90. The molecule has 3 aliphatic rings. The van der Waals surface area contributed by atoms with Crippen LogP contribution in [0, 0.1) is 0 Å². The third kappa shape index (κ3) is 2.75. The van der Waals surface area contributed by atoms with Crippen LogP contribution in [0.2, 0.25) is 0 Å². The molecule has 0 spiro atoms. The number of fused-ring (bicyclic) bond motifs is 3. The van der Waals surface area contributed by atoms with Crippen molar-refractivity contribution in [1.29, 1.82) is 0 Å². The fourth-order valence-electron chi connectivity index (χ4n) is 4.83. The van der Waals surface area contributed by atoms with Gasteiger partial charge in [-0.15, -0.1) is 0 Å². The van der Waals surface area contributed by atoms with Crippen molar-refractivity contribution in [3.63, 3.8) is 0 Å². The molecule has 2 heterocycles. The Morgan fingerprint density at radius 1 is 1.00 bits per heavy atom. The van der Waals surface area contributed by atoms with E-state index in [4.69, 9.17) is 0 Å². The number of piperazine rings is 1. The van der Waals surface area contributed by atoms with Crippen molar-refractivity contribution in [2.45, 2.75) is 30.9 Å². The van der Waals surface area contributed by atoms with Crippen molar-refractivity contribution in [1.82, 2.24) is 9.91 Å². The number of likely N-dealkylation sites (N-methyl/N-ethyl adjacent to an activating group) is 1. The Hall–Kier alpha value is -3.12. The summed E-state index contributed by atoms with van der Waals surface area (Å²) >= 11 is 0. The number of benzene rings is 2. The van der Waals surface area contributed by atoms with Crippen LogP contribution in [0.4, 0.5) is 0 Å². The second-order valence-electron chi connectivity index (χ2n) is 7.92. The van der Waals surface area contributed by atoms with E-state index < -0.39 is 6.10 Å². The smallest absolute Gasteiger partial charge is 0.275 e. The molecule has 0 bridgehead atoms. The van der Waals surface area contributed by atoms with Gasteiger partial charge < -0.3 is 15.1 Å². The number of hydrogen-bond donors (Lipinski definition) is 2. The van der Waals surface area contributed by atoms with E-state index >= 15 is 0 Å². The summed E-state index contributed by atoms with van der Waals surface area (Å²) in [4.78, 5) is 14.4. The van der Waals surface area contributed by atoms with Gasteiger partial charge in [0.25, 0.3) is 5.91 Å². The summed E-state index contributed by atoms with van der Waals surface area (Å²) in [5, 5.41) is 26.5. The van der Waals surface area contributed by atoms with Crippen LogP contribution in [0.1, 0.15) is 28.2 Å². The molecule has 1 aliphatic carbocycles. The highest BCUT2D eigenvalue weighted by Crippen LogP contribution is 2.41. The molecule has 2 aliphatic heterocycles. The number of hydrazone groups is 1. The first kappa shape index (κ1) is 17.9. The minimum absolute atomic E-state index is 0.0179. The molecule has 1 unspecified atom stereocenters. The zero-order chi connectivity index (χ0) is 20.1. The highest BCUT2D eigenvalue weighted by atomic mass is 16.3. The summed E-state index contributed by atoms with van der Waals surface area (Å²) in [5.74, 6) is -0.683. The molecule has 1 fully saturated rings. The maximum absolute atomic E-state index is 12.8. The maximum atomic E-state index is 12.8. The SMILES string of the molecule is CN1C[C@@H](C2c3ccccc3CCc3ccccc32)N2N=CC(O)C(O)=C2C1=O. The molecule has 2 aromatic carbocycles. The zero-order valence-corrected chi connectivity index (χ0v) is 16.2. The van der Waals surface area contributed by atoms with Gasteiger partial charge >= 0.3 is 0 Å². The van der Waals surface area contributed by atoms with E-state index in [9.17, 15) is 15.0 Å². The Morgan fingerprint density at radius 3 is 2.21 bits per heavy atom. The number of aryl methyl sites for hydroxylation is 2. The van der Waals surface area contributed by atoms with Crippen molar-refractivity contribution in [3.05, 3.63) is 82.2 Å². The van der Waals surface area contributed by atoms with Crippen LogP contribution in [-0.4, -0.2) is 58.0 Å². The number of amides is 1. The molecule has 6 heteroatoms. The summed E-state index contributed by atoms with van der Waals surface area (Å²) in [6, 6.07) is 16.7. The van der Waals surface area contributed by atoms with Crippen molar-refractivity contribution >= 4 is 12.1 Å². The van der Waals surface area contributed by atoms with Crippen molar-refractivity contribution in [3.8, 4) is 0 Å². The van der Waals surface area contributed by atoms with Gasteiger partial charge in [-0.05, 0) is 35.1 Å². The van der Waals surface area contributed by atoms with E-state index in [1.165, 1.54) is 28.5 Å². The lowest BCUT2D eigenvalue weighted by Crippen LogP contribution is -2.55. The summed E-state index contributed by atoms with van der Waals surface area (Å²) in [6.45, 7) is 0.469. The standard InChI is InChI=1S/C23H23N3O3/c1-25-13-18(26-21(23(25)29)22(28)19(27)12-24-26)20-16-8-4-2-6-14(16)10-11-15-7-3-5-9-17(15)20/h2-9,12,18-20,27-28H,10-11,13H2,1H3/t18-,19?/m0/s1. The predicted octanol–water partition coefficient (Wildman–Crippen LogP) is 2.19. The van der Waals surface area contributed by atoms with E-state index in [0.717, 1.165) is 12.8 Å². The lowest BCUT2D eigenvalue weighted by atomic mass is 9.81. The summed E-state index contributed by atoms with van der Waals surface area (Å²) in [5.41, 5.74) is 5.11. The van der Waals surface area contributed by atoms with Gasteiger partial charge in [-0.3, -0.25) is 9.80 Å². The van der Waals surface area contributed by atoms with Gasteiger partial charge in [0.2, 0.25) is 0 Å². The number of nitrogens with zero attached hydrogens (tertiary/aromatic N) is 3. The molecule has 0 aromatic heterocycles. The van der Waals surface area contributed by atoms with Gasteiger partial charge in [0.15, 0.2) is 11.5 Å².